The number of terminal acetylenes is 1. The van der Waals surface area contributed by atoms with Crippen molar-refractivity contribution in [1.29, 1.82) is 0 Å². The van der Waals surface area contributed by atoms with Crippen LogP contribution in [0.2, 0.25) is 0 Å². The lowest BCUT2D eigenvalue weighted by Crippen LogP contribution is -2.26. The highest BCUT2D eigenvalue weighted by Gasteiger charge is 2.10. The highest BCUT2D eigenvalue weighted by Crippen LogP contribution is 2.12. The highest BCUT2D eigenvalue weighted by molar-refractivity contribution is 5.94. The van der Waals surface area contributed by atoms with E-state index in [0.717, 1.165) is 0 Å². The van der Waals surface area contributed by atoms with E-state index in [1.165, 1.54) is 17.0 Å². The van der Waals surface area contributed by atoms with Crippen molar-refractivity contribution in [3.63, 3.8) is 0 Å². The van der Waals surface area contributed by atoms with Crippen LogP contribution in [0.5, 0.6) is 5.75 Å². The van der Waals surface area contributed by atoms with E-state index in [1.807, 2.05) is 0 Å². The molecule has 1 aromatic rings. The second kappa shape index (κ2) is 4.33. The third-order valence-corrected chi connectivity index (χ3v) is 1.77. The third-order valence-electron chi connectivity index (χ3n) is 1.77. The first-order valence-corrected chi connectivity index (χ1v) is 4.13. The van der Waals surface area contributed by atoms with Gasteiger partial charge in [0.25, 0.3) is 5.91 Å². The summed E-state index contributed by atoms with van der Waals surface area (Å²) in [5.41, 5.74) is 0.433. The maximum absolute atomic E-state index is 11.6. The summed E-state index contributed by atoms with van der Waals surface area (Å²) in [5.74, 6) is 2.25. The van der Waals surface area contributed by atoms with E-state index >= 15 is 0 Å². The fourth-order valence-corrected chi connectivity index (χ4v) is 1.07. The molecule has 72 valence electrons. The van der Waals surface area contributed by atoms with Gasteiger partial charge in [-0.3, -0.25) is 4.79 Å². The van der Waals surface area contributed by atoms with E-state index in [2.05, 4.69) is 5.92 Å². The minimum atomic E-state index is -0.196. The quantitative estimate of drug-likeness (QED) is 0.708. The smallest absolute Gasteiger partial charge is 0.254 e. The summed E-state index contributed by atoms with van der Waals surface area (Å²) in [6.45, 7) is 0.258. The minimum Gasteiger partial charge on any atom is -0.508 e. The van der Waals surface area contributed by atoms with Gasteiger partial charge in [-0.1, -0.05) is 12.0 Å². The summed E-state index contributed by atoms with van der Waals surface area (Å²) in [6.07, 6.45) is 5.08. The van der Waals surface area contributed by atoms with Crippen molar-refractivity contribution >= 4 is 5.91 Å². The molecule has 0 bridgehead atoms. The topological polar surface area (TPSA) is 40.5 Å². The number of phenols is 1. The minimum absolute atomic E-state index is 0.0740. The summed E-state index contributed by atoms with van der Waals surface area (Å²) in [7, 11) is 1.62. The van der Waals surface area contributed by atoms with Crippen LogP contribution in [0.15, 0.2) is 24.3 Å². The Labute approximate surface area is 83.0 Å². The van der Waals surface area contributed by atoms with E-state index in [4.69, 9.17) is 11.5 Å². The maximum Gasteiger partial charge on any atom is 0.254 e. The molecule has 3 heteroatoms. The van der Waals surface area contributed by atoms with E-state index in [9.17, 15) is 4.79 Å². The van der Waals surface area contributed by atoms with Crippen LogP contribution >= 0.6 is 0 Å². The Morgan fingerprint density at radius 1 is 1.64 bits per heavy atom. The van der Waals surface area contributed by atoms with E-state index in [-0.39, 0.29) is 18.2 Å². The summed E-state index contributed by atoms with van der Waals surface area (Å²) < 4.78 is 0. The van der Waals surface area contributed by atoms with Crippen molar-refractivity contribution in [2.75, 3.05) is 13.6 Å². The van der Waals surface area contributed by atoms with Gasteiger partial charge in [-0.2, -0.15) is 0 Å². The third kappa shape index (κ3) is 2.27. The van der Waals surface area contributed by atoms with E-state index in [1.54, 1.807) is 19.2 Å². The average molecular weight is 189 g/mol. The number of aromatic hydroxyl groups is 1. The molecular formula is C11H11NO2. The van der Waals surface area contributed by atoms with Gasteiger partial charge >= 0.3 is 0 Å². The van der Waals surface area contributed by atoms with Gasteiger partial charge in [0, 0.05) is 12.6 Å². The molecular weight excluding hydrogens is 178 g/mol. The molecule has 0 radical (unpaired) electrons. The largest absolute Gasteiger partial charge is 0.508 e. The molecule has 0 atom stereocenters. The molecule has 0 aliphatic heterocycles. The van der Waals surface area contributed by atoms with Crippen molar-refractivity contribution in [2.45, 2.75) is 0 Å². The van der Waals surface area contributed by atoms with Crippen molar-refractivity contribution < 1.29 is 9.90 Å². The molecule has 0 spiro atoms. The van der Waals surface area contributed by atoms with Gasteiger partial charge in [0.15, 0.2) is 0 Å². The fourth-order valence-electron chi connectivity index (χ4n) is 1.07. The molecule has 0 saturated carbocycles. The number of carbonyl (C=O) groups is 1. The Hall–Kier alpha value is -1.95. The van der Waals surface area contributed by atoms with E-state index < -0.39 is 0 Å². The average Bonchev–Trinajstić information content (AvgIpc) is 2.17. The van der Waals surface area contributed by atoms with Gasteiger partial charge in [0.05, 0.1) is 6.54 Å². The zero-order valence-corrected chi connectivity index (χ0v) is 7.90. The zero-order valence-electron chi connectivity index (χ0n) is 7.90. The molecule has 3 nitrogen and oxygen atoms in total. The molecule has 1 rings (SSSR count). The van der Waals surface area contributed by atoms with Gasteiger partial charge in [0.2, 0.25) is 0 Å². The normalized spacial score (nSPS) is 9.14. The lowest BCUT2D eigenvalue weighted by Gasteiger charge is -2.13. The van der Waals surface area contributed by atoms with Gasteiger partial charge in [-0.15, -0.1) is 6.42 Å². The molecule has 0 aliphatic rings. The van der Waals surface area contributed by atoms with Crippen LogP contribution in [-0.2, 0) is 0 Å². The summed E-state index contributed by atoms with van der Waals surface area (Å²) in [6, 6.07) is 6.18. The molecule has 1 aromatic carbocycles. The number of rotatable bonds is 2. The first-order valence-electron chi connectivity index (χ1n) is 4.13. The van der Waals surface area contributed by atoms with Gasteiger partial charge < -0.3 is 10.0 Å². The van der Waals surface area contributed by atoms with Gasteiger partial charge in [0.1, 0.15) is 5.75 Å². The number of benzene rings is 1. The van der Waals surface area contributed by atoms with Crippen molar-refractivity contribution in [3.05, 3.63) is 29.8 Å². The lowest BCUT2D eigenvalue weighted by molar-refractivity contribution is 0.0812. The predicted octanol–water partition coefficient (Wildman–Crippen LogP) is 1.10. The number of carbonyl (C=O) groups excluding carboxylic acids is 1. The Kier molecular flexibility index (Phi) is 3.14. The van der Waals surface area contributed by atoms with Crippen LogP contribution in [0.1, 0.15) is 10.4 Å². The lowest BCUT2D eigenvalue weighted by atomic mass is 10.2. The first-order chi connectivity index (χ1) is 6.65. The van der Waals surface area contributed by atoms with Crippen LogP contribution < -0.4 is 0 Å². The van der Waals surface area contributed by atoms with Crippen LogP contribution in [-0.4, -0.2) is 29.5 Å². The Morgan fingerprint density at radius 3 is 2.93 bits per heavy atom. The Morgan fingerprint density at radius 2 is 2.36 bits per heavy atom. The Balaban J connectivity index is 2.85. The molecule has 1 N–H and O–H groups in total. The summed E-state index contributed by atoms with van der Waals surface area (Å²) >= 11 is 0. The second-order valence-electron chi connectivity index (χ2n) is 2.92. The number of hydrogen-bond acceptors (Lipinski definition) is 2. The van der Waals surface area contributed by atoms with Crippen LogP contribution in [0.25, 0.3) is 0 Å². The molecule has 0 unspecified atom stereocenters. The van der Waals surface area contributed by atoms with Crippen molar-refractivity contribution in [1.82, 2.24) is 4.90 Å². The molecule has 0 aliphatic carbocycles. The zero-order chi connectivity index (χ0) is 10.6. The van der Waals surface area contributed by atoms with Gasteiger partial charge in [-0.25, -0.2) is 0 Å². The molecule has 0 saturated heterocycles. The number of hydrogen-bond donors (Lipinski definition) is 1. The number of phenolic OH excluding ortho intramolecular Hbond substituents is 1. The van der Waals surface area contributed by atoms with Crippen molar-refractivity contribution in [2.24, 2.45) is 0 Å². The number of nitrogens with zero attached hydrogens (tertiary/aromatic N) is 1. The van der Waals surface area contributed by atoms with Gasteiger partial charge in [-0.05, 0) is 18.2 Å². The van der Waals surface area contributed by atoms with Crippen molar-refractivity contribution in [3.8, 4) is 18.1 Å². The van der Waals surface area contributed by atoms with Crippen LogP contribution in [0.4, 0.5) is 0 Å². The summed E-state index contributed by atoms with van der Waals surface area (Å²) in [5, 5.41) is 9.16. The molecule has 0 heterocycles. The molecule has 1 amide bonds. The predicted molar refractivity (Wildman–Crippen MR) is 53.9 cm³/mol. The summed E-state index contributed by atoms with van der Waals surface area (Å²) in [4.78, 5) is 13.0. The highest BCUT2D eigenvalue weighted by atomic mass is 16.3. The molecule has 0 aromatic heterocycles. The fraction of sp³-hybridized carbons (Fsp3) is 0.182. The van der Waals surface area contributed by atoms with E-state index in [0.29, 0.717) is 5.56 Å². The Bertz CT molecular complexity index is 379. The van der Waals surface area contributed by atoms with Crippen LogP contribution in [0, 0.1) is 12.3 Å². The second-order valence-corrected chi connectivity index (χ2v) is 2.92. The standard InChI is InChI=1S/C11H11NO2/c1-3-7-12(2)11(14)9-5-4-6-10(13)8-9/h1,4-6,8,13H,7H2,2H3. The maximum atomic E-state index is 11.6. The first kappa shape index (κ1) is 10.1. The monoisotopic (exact) mass is 189 g/mol. The van der Waals surface area contributed by atoms with Crippen LogP contribution in [0.3, 0.4) is 0 Å². The molecule has 14 heavy (non-hydrogen) atoms. The SMILES string of the molecule is C#CCN(C)C(=O)c1cccc(O)c1. The molecule has 0 fully saturated rings. The number of amides is 1.